The van der Waals surface area contributed by atoms with Gasteiger partial charge in [-0.05, 0) is 52.0 Å². The molecule has 4 N–H and O–H groups in total. The molecule has 5 heterocycles. The Labute approximate surface area is 176 Å². The molecular formula is C23H30N6O. The van der Waals surface area contributed by atoms with Crippen molar-refractivity contribution >= 4 is 11.5 Å². The first-order valence-corrected chi connectivity index (χ1v) is 11.0. The van der Waals surface area contributed by atoms with Gasteiger partial charge in [-0.3, -0.25) is 4.98 Å². The van der Waals surface area contributed by atoms with Crippen LogP contribution in [0.25, 0.3) is 16.8 Å². The maximum atomic E-state index is 10.2. The molecule has 2 aliphatic heterocycles. The van der Waals surface area contributed by atoms with Crippen LogP contribution in [0.5, 0.6) is 0 Å². The fraction of sp³-hybridized carbons (Fsp3) is 0.522. The molecule has 2 saturated heterocycles. The zero-order valence-corrected chi connectivity index (χ0v) is 17.9. The smallest absolute Gasteiger partial charge is 0.165 e. The van der Waals surface area contributed by atoms with E-state index in [0.717, 1.165) is 47.3 Å². The molecule has 2 fully saturated rings. The first kappa shape index (κ1) is 19.5. The highest BCUT2D eigenvalue weighted by atomic mass is 16.3. The van der Waals surface area contributed by atoms with Crippen molar-refractivity contribution in [3.8, 4) is 11.1 Å². The Morgan fingerprint density at radius 1 is 1.20 bits per heavy atom. The van der Waals surface area contributed by atoms with Crippen LogP contribution in [0.1, 0.15) is 69.3 Å². The first-order valence-electron chi connectivity index (χ1n) is 11.0. The predicted molar refractivity (Wildman–Crippen MR) is 117 cm³/mol. The number of aliphatic hydroxyl groups is 1. The summed E-state index contributed by atoms with van der Waals surface area (Å²) in [5, 5.41) is 18.5. The van der Waals surface area contributed by atoms with E-state index in [0.29, 0.717) is 29.5 Å². The fourth-order valence-corrected chi connectivity index (χ4v) is 5.17. The minimum atomic E-state index is -0.972. The van der Waals surface area contributed by atoms with Crippen molar-refractivity contribution in [2.75, 3.05) is 5.73 Å². The van der Waals surface area contributed by atoms with Crippen LogP contribution < -0.4 is 11.1 Å². The average molecular weight is 407 g/mol. The van der Waals surface area contributed by atoms with E-state index in [-0.39, 0.29) is 0 Å². The maximum Gasteiger partial charge on any atom is 0.165 e. The maximum absolute atomic E-state index is 10.2. The number of nitrogen functional groups attached to an aromatic ring is 1. The molecule has 3 aromatic heterocycles. The second-order valence-electron chi connectivity index (χ2n) is 9.31. The molecule has 2 bridgehead atoms. The Morgan fingerprint density at radius 2 is 1.93 bits per heavy atom. The van der Waals surface area contributed by atoms with Gasteiger partial charge >= 0.3 is 0 Å². The molecule has 3 aromatic rings. The number of piperidine rings is 1. The SMILES string of the molecule is CCc1c(C2CC3CCC(C2)N3)nc2c(-c3ccc(C(C)(C)O)nc3)cnn2c1N. The molecular weight excluding hydrogens is 376 g/mol. The molecule has 30 heavy (non-hydrogen) atoms. The summed E-state index contributed by atoms with van der Waals surface area (Å²) in [7, 11) is 0. The minimum absolute atomic E-state index is 0.435. The lowest BCUT2D eigenvalue weighted by Crippen LogP contribution is -2.37. The van der Waals surface area contributed by atoms with E-state index < -0.39 is 5.60 Å². The summed E-state index contributed by atoms with van der Waals surface area (Å²) in [6.45, 7) is 5.61. The van der Waals surface area contributed by atoms with Gasteiger partial charge in [0.1, 0.15) is 11.4 Å². The lowest BCUT2D eigenvalue weighted by molar-refractivity contribution is 0.0739. The van der Waals surface area contributed by atoms with E-state index >= 15 is 0 Å². The second-order valence-corrected chi connectivity index (χ2v) is 9.31. The van der Waals surface area contributed by atoms with E-state index in [9.17, 15) is 5.11 Å². The zero-order valence-electron chi connectivity index (χ0n) is 17.9. The van der Waals surface area contributed by atoms with E-state index in [1.54, 1.807) is 24.6 Å². The number of fused-ring (bicyclic) bond motifs is 3. The van der Waals surface area contributed by atoms with E-state index in [1.807, 2.05) is 18.3 Å². The largest absolute Gasteiger partial charge is 0.384 e. The van der Waals surface area contributed by atoms with E-state index in [2.05, 4.69) is 22.3 Å². The highest BCUT2D eigenvalue weighted by Crippen LogP contribution is 2.40. The predicted octanol–water partition coefficient (Wildman–Crippen LogP) is 3.16. The van der Waals surface area contributed by atoms with Gasteiger partial charge in [-0.2, -0.15) is 9.61 Å². The third kappa shape index (κ3) is 3.17. The van der Waals surface area contributed by atoms with Crippen LogP contribution in [-0.2, 0) is 12.0 Å². The van der Waals surface area contributed by atoms with Gasteiger partial charge in [0, 0.05) is 40.9 Å². The number of anilines is 1. The molecule has 0 saturated carbocycles. The van der Waals surface area contributed by atoms with Crippen LogP contribution in [0.2, 0.25) is 0 Å². The monoisotopic (exact) mass is 406 g/mol. The molecule has 2 aliphatic rings. The number of hydrogen-bond acceptors (Lipinski definition) is 6. The Morgan fingerprint density at radius 3 is 2.53 bits per heavy atom. The van der Waals surface area contributed by atoms with Crippen LogP contribution in [0.15, 0.2) is 24.5 Å². The van der Waals surface area contributed by atoms with Crippen LogP contribution in [0.4, 0.5) is 5.82 Å². The Balaban J connectivity index is 1.61. The highest BCUT2D eigenvalue weighted by molar-refractivity contribution is 5.78. The van der Waals surface area contributed by atoms with Gasteiger partial charge < -0.3 is 16.2 Å². The van der Waals surface area contributed by atoms with Gasteiger partial charge in [0.2, 0.25) is 0 Å². The average Bonchev–Trinajstić information content (AvgIpc) is 3.30. The number of nitrogens with zero attached hydrogens (tertiary/aromatic N) is 4. The topological polar surface area (TPSA) is 101 Å². The van der Waals surface area contributed by atoms with Crippen molar-refractivity contribution in [2.24, 2.45) is 0 Å². The molecule has 7 heteroatoms. The van der Waals surface area contributed by atoms with Crippen LogP contribution in [0.3, 0.4) is 0 Å². The standard InChI is InChI=1S/C23H30N6O/c1-4-17-20(14-9-15-6-7-16(10-14)27-15)28-22-18(12-26-29(22)21(17)24)13-5-8-19(25-11-13)23(2,3)30/h5,8,11-12,14-16,27,30H,4,6-7,9-10,24H2,1-3H3. The molecule has 0 aromatic carbocycles. The van der Waals surface area contributed by atoms with Gasteiger partial charge in [-0.1, -0.05) is 13.0 Å². The molecule has 7 nitrogen and oxygen atoms in total. The van der Waals surface area contributed by atoms with Gasteiger partial charge in [0.25, 0.3) is 0 Å². The Kier molecular flexibility index (Phi) is 4.56. The van der Waals surface area contributed by atoms with Crippen molar-refractivity contribution in [3.63, 3.8) is 0 Å². The lowest BCUT2D eigenvalue weighted by Gasteiger charge is -2.30. The number of pyridine rings is 1. The summed E-state index contributed by atoms with van der Waals surface area (Å²) < 4.78 is 1.76. The number of rotatable bonds is 4. The van der Waals surface area contributed by atoms with Crippen molar-refractivity contribution < 1.29 is 5.11 Å². The Hall–Kier alpha value is -2.51. The van der Waals surface area contributed by atoms with Crippen molar-refractivity contribution in [1.29, 1.82) is 0 Å². The lowest BCUT2D eigenvalue weighted by atomic mass is 9.86. The van der Waals surface area contributed by atoms with Crippen molar-refractivity contribution in [3.05, 3.63) is 41.5 Å². The van der Waals surface area contributed by atoms with Gasteiger partial charge in [-0.15, -0.1) is 0 Å². The van der Waals surface area contributed by atoms with E-state index in [4.69, 9.17) is 10.7 Å². The molecule has 2 atom stereocenters. The van der Waals surface area contributed by atoms with Crippen molar-refractivity contribution in [1.82, 2.24) is 24.9 Å². The number of aromatic nitrogens is 4. The number of hydrogen-bond donors (Lipinski definition) is 3. The molecule has 0 amide bonds. The van der Waals surface area contributed by atoms with Crippen molar-refractivity contribution in [2.45, 2.75) is 76.5 Å². The molecule has 0 radical (unpaired) electrons. The van der Waals surface area contributed by atoms with Gasteiger partial charge in [0.15, 0.2) is 5.65 Å². The fourth-order valence-electron chi connectivity index (χ4n) is 5.17. The number of nitrogens with one attached hydrogen (secondary N) is 1. The summed E-state index contributed by atoms with van der Waals surface area (Å²) in [5.41, 5.74) is 11.1. The van der Waals surface area contributed by atoms with Crippen LogP contribution in [0, 0.1) is 0 Å². The minimum Gasteiger partial charge on any atom is -0.384 e. The zero-order chi connectivity index (χ0) is 21.0. The molecule has 0 spiro atoms. The summed E-state index contributed by atoms with van der Waals surface area (Å²) in [4.78, 5) is 9.61. The highest BCUT2D eigenvalue weighted by Gasteiger charge is 2.36. The second kappa shape index (κ2) is 7.03. The van der Waals surface area contributed by atoms with Crippen LogP contribution in [-0.4, -0.2) is 36.8 Å². The summed E-state index contributed by atoms with van der Waals surface area (Å²) >= 11 is 0. The first-order chi connectivity index (χ1) is 14.3. The number of nitrogens with two attached hydrogens (primary N) is 1. The Bertz CT molecular complexity index is 1070. The summed E-state index contributed by atoms with van der Waals surface area (Å²) in [6, 6.07) is 5.02. The molecule has 0 aliphatic carbocycles. The summed E-state index contributed by atoms with van der Waals surface area (Å²) in [5.74, 6) is 1.13. The van der Waals surface area contributed by atoms with Crippen LogP contribution >= 0.6 is 0 Å². The third-order valence-corrected chi connectivity index (χ3v) is 6.73. The van der Waals surface area contributed by atoms with Gasteiger partial charge in [0.05, 0.1) is 17.6 Å². The summed E-state index contributed by atoms with van der Waals surface area (Å²) in [6.07, 6.45) is 9.21. The van der Waals surface area contributed by atoms with Gasteiger partial charge in [-0.25, -0.2) is 4.98 Å². The molecule has 5 rings (SSSR count). The quantitative estimate of drug-likeness (QED) is 0.615. The van der Waals surface area contributed by atoms with E-state index in [1.165, 1.54) is 12.8 Å². The normalized spacial score (nSPS) is 23.9. The molecule has 2 unspecified atom stereocenters. The third-order valence-electron chi connectivity index (χ3n) is 6.73. The molecule has 158 valence electrons.